The highest BCUT2D eigenvalue weighted by molar-refractivity contribution is 6.60. The van der Waals surface area contributed by atoms with Crippen LogP contribution in [0.15, 0.2) is 24.3 Å². The lowest BCUT2D eigenvalue weighted by atomic mass is 9.76. The van der Waals surface area contributed by atoms with Crippen LogP contribution >= 0.6 is 0 Å². The average molecular weight is 251 g/mol. The summed E-state index contributed by atoms with van der Waals surface area (Å²) >= 11 is 0. The molecule has 5 heteroatoms. The Balaban J connectivity index is 2.78. The summed E-state index contributed by atoms with van der Waals surface area (Å²) in [5, 5.41) is 20.0. The van der Waals surface area contributed by atoms with Gasteiger partial charge in [-0.1, -0.05) is 24.3 Å². The quantitative estimate of drug-likeness (QED) is 0.662. The fourth-order valence-corrected chi connectivity index (χ4v) is 1.31. The van der Waals surface area contributed by atoms with Crippen LogP contribution in [0.4, 0.5) is 0 Å². The van der Waals surface area contributed by atoms with Crippen LogP contribution in [-0.2, 0) is 11.2 Å². The zero-order valence-electron chi connectivity index (χ0n) is 11.5. The first kappa shape index (κ1) is 15.2. The van der Waals surface area contributed by atoms with E-state index in [-0.39, 0.29) is 0 Å². The maximum atomic E-state index is 10.0. The third-order valence-corrected chi connectivity index (χ3v) is 3.38. The van der Waals surface area contributed by atoms with Crippen LogP contribution in [0.25, 0.3) is 0 Å². The van der Waals surface area contributed by atoms with Gasteiger partial charge in [0.2, 0.25) is 0 Å². The largest absolute Gasteiger partial charge is 0.491 e. The van der Waals surface area contributed by atoms with Crippen molar-refractivity contribution in [2.45, 2.75) is 45.4 Å². The lowest BCUT2D eigenvalue weighted by Crippen LogP contribution is -2.53. The van der Waals surface area contributed by atoms with E-state index in [9.17, 15) is 10.1 Å². The van der Waals surface area contributed by atoms with Gasteiger partial charge in [0, 0.05) is 6.54 Å². The van der Waals surface area contributed by atoms with E-state index in [1.165, 1.54) is 0 Å². The highest BCUT2D eigenvalue weighted by Gasteiger charge is 2.39. The van der Waals surface area contributed by atoms with Crippen molar-refractivity contribution in [3.05, 3.63) is 29.8 Å². The first-order valence-electron chi connectivity index (χ1n) is 6.04. The van der Waals surface area contributed by atoms with Gasteiger partial charge in [0.15, 0.2) is 0 Å². The van der Waals surface area contributed by atoms with Gasteiger partial charge < -0.3 is 20.5 Å². The summed E-state index contributed by atoms with van der Waals surface area (Å²) in [6.07, 6.45) is 0. The maximum Gasteiger partial charge on any atom is 0.491 e. The second kappa shape index (κ2) is 5.40. The smallest absolute Gasteiger partial charge is 0.423 e. The standard InChI is InChI=1S/C13H22BNO3/c1-12(2,16)13(3,4)18-14(17)11-7-5-10(9-15)6-8-11/h5-8,16-17H,9,15H2,1-4H3. The van der Waals surface area contributed by atoms with Crippen molar-refractivity contribution in [3.8, 4) is 0 Å². The Bertz CT molecular complexity index is 384. The molecule has 0 atom stereocenters. The molecular formula is C13H22BNO3. The Hall–Kier alpha value is -0.875. The molecule has 0 fully saturated rings. The molecule has 0 heterocycles. The highest BCUT2D eigenvalue weighted by atomic mass is 16.5. The van der Waals surface area contributed by atoms with E-state index < -0.39 is 18.3 Å². The van der Waals surface area contributed by atoms with Gasteiger partial charge in [-0.05, 0) is 38.7 Å². The Labute approximate surface area is 109 Å². The zero-order chi connectivity index (χ0) is 14.0. The topological polar surface area (TPSA) is 75.7 Å². The molecule has 0 radical (unpaired) electrons. The molecule has 0 bridgehead atoms. The summed E-state index contributed by atoms with van der Waals surface area (Å²) in [5.41, 5.74) is 5.23. The van der Waals surface area contributed by atoms with Crippen molar-refractivity contribution >= 4 is 12.6 Å². The first-order chi connectivity index (χ1) is 8.17. The Morgan fingerprint density at radius 3 is 2.06 bits per heavy atom. The second-order valence-electron chi connectivity index (χ2n) is 5.49. The van der Waals surface area contributed by atoms with Crippen molar-refractivity contribution in [1.82, 2.24) is 0 Å². The third kappa shape index (κ3) is 3.56. The van der Waals surface area contributed by atoms with Crippen LogP contribution in [0, 0.1) is 0 Å². The van der Waals surface area contributed by atoms with E-state index in [1.54, 1.807) is 39.8 Å². The fraction of sp³-hybridized carbons (Fsp3) is 0.538. The van der Waals surface area contributed by atoms with E-state index in [0.29, 0.717) is 12.0 Å². The minimum Gasteiger partial charge on any atom is -0.423 e. The SMILES string of the molecule is CC(C)(O)C(C)(C)OB(O)c1ccc(CN)cc1. The third-order valence-electron chi connectivity index (χ3n) is 3.38. The fourth-order valence-electron chi connectivity index (χ4n) is 1.31. The van der Waals surface area contributed by atoms with Gasteiger partial charge in [0.1, 0.15) is 0 Å². The zero-order valence-corrected chi connectivity index (χ0v) is 11.5. The number of rotatable bonds is 5. The first-order valence-corrected chi connectivity index (χ1v) is 6.04. The van der Waals surface area contributed by atoms with Gasteiger partial charge in [-0.25, -0.2) is 0 Å². The lowest BCUT2D eigenvalue weighted by molar-refractivity contribution is -0.0982. The van der Waals surface area contributed by atoms with Gasteiger partial charge in [-0.2, -0.15) is 0 Å². The molecule has 4 nitrogen and oxygen atoms in total. The van der Waals surface area contributed by atoms with Crippen LogP contribution in [0.5, 0.6) is 0 Å². The van der Waals surface area contributed by atoms with Crippen LogP contribution in [0.1, 0.15) is 33.3 Å². The molecule has 1 aromatic carbocycles. The Morgan fingerprint density at radius 1 is 1.17 bits per heavy atom. The summed E-state index contributed by atoms with van der Waals surface area (Å²) < 4.78 is 5.54. The number of hydrogen-bond acceptors (Lipinski definition) is 4. The number of nitrogens with two attached hydrogens (primary N) is 1. The molecular weight excluding hydrogens is 229 g/mol. The Morgan fingerprint density at radius 2 is 1.67 bits per heavy atom. The van der Waals surface area contributed by atoms with Crippen LogP contribution in [0.2, 0.25) is 0 Å². The van der Waals surface area contributed by atoms with Crippen molar-refractivity contribution in [1.29, 1.82) is 0 Å². The van der Waals surface area contributed by atoms with E-state index in [2.05, 4.69) is 0 Å². The van der Waals surface area contributed by atoms with Crippen molar-refractivity contribution < 1.29 is 14.8 Å². The number of aliphatic hydroxyl groups is 1. The molecule has 4 N–H and O–H groups in total. The van der Waals surface area contributed by atoms with Crippen molar-refractivity contribution in [2.24, 2.45) is 5.73 Å². The average Bonchev–Trinajstić information content (AvgIpc) is 2.27. The summed E-state index contributed by atoms with van der Waals surface area (Å²) in [5.74, 6) is 0. The normalized spacial score (nSPS) is 12.6. The van der Waals surface area contributed by atoms with Crippen molar-refractivity contribution in [3.63, 3.8) is 0 Å². The number of benzene rings is 1. The molecule has 0 unspecified atom stereocenters. The predicted molar refractivity (Wildman–Crippen MR) is 73.4 cm³/mol. The molecule has 0 aliphatic heterocycles. The van der Waals surface area contributed by atoms with E-state index in [4.69, 9.17) is 10.4 Å². The van der Waals surface area contributed by atoms with Gasteiger partial charge in [0.05, 0.1) is 11.2 Å². The molecule has 0 spiro atoms. The molecule has 1 aromatic rings. The summed E-state index contributed by atoms with van der Waals surface area (Å²) in [4.78, 5) is 0. The molecule has 0 aromatic heterocycles. The number of hydrogen-bond donors (Lipinski definition) is 3. The molecule has 100 valence electrons. The summed E-state index contributed by atoms with van der Waals surface area (Å²) in [7, 11) is -1.07. The van der Waals surface area contributed by atoms with Crippen LogP contribution < -0.4 is 11.2 Å². The van der Waals surface area contributed by atoms with E-state index in [1.807, 2.05) is 12.1 Å². The monoisotopic (exact) mass is 251 g/mol. The molecule has 0 saturated carbocycles. The van der Waals surface area contributed by atoms with Gasteiger partial charge in [0.25, 0.3) is 0 Å². The summed E-state index contributed by atoms with van der Waals surface area (Å²) in [6.45, 7) is 7.25. The lowest BCUT2D eigenvalue weighted by Gasteiger charge is -2.38. The molecule has 1 rings (SSSR count). The molecule has 0 aliphatic rings. The van der Waals surface area contributed by atoms with E-state index >= 15 is 0 Å². The van der Waals surface area contributed by atoms with Crippen LogP contribution in [-0.4, -0.2) is 28.5 Å². The minimum atomic E-state index is -1.07. The molecule has 0 aliphatic carbocycles. The molecule has 0 amide bonds. The molecule has 18 heavy (non-hydrogen) atoms. The Kier molecular flexibility index (Phi) is 4.56. The van der Waals surface area contributed by atoms with Gasteiger partial charge in [-0.3, -0.25) is 0 Å². The molecule has 0 saturated heterocycles. The van der Waals surface area contributed by atoms with Gasteiger partial charge in [-0.15, -0.1) is 0 Å². The summed E-state index contributed by atoms with van der Waals surface area (Å²) in [6, 6.07) is 7.23. The minimum absolute atomic E-state index is 0.465. The highest BCUT2D eigenvalue weighted by Crippen LogP contribution is 2.25. The van der Waals surface area contributed by atoms with Gasteiger partial charge >= 0.3 is 7.12 Å². The van der Waals surface area contributed by atoms with Crippen molar-refractivity contribution in [2.75, 3.05) is 0 Å². The van der Waals surface area contributed by atoms with E-state index in [0.717, 1.165) is 5.56 Å². The maximum absolute atomic E-state index is 10.0. The van der Waals surface area contributed by atoms with Crippen LogP contribution in [0.3, 0.4) is 0 Å². The predicted octanol–water partition coefficient (Wildman–Crippen LogP) is 0.399. The second-order valence-corrected chi connectivity index (χ2v) is 5.49.